The first-order valence-corrected chi connectivity index (χ1v) is 11.1. The van der Waals surface area contributed by atoms with Gasteiger partial charge in [-0.15, -0.1) is 35.9 Å². The van der Waals surface area contributed by atoms with Crippen LogP contribution in [0.1, 0.15) is 51.1 Å². The normalized spacial score (nSPS) is 13.9. The molecule has 1 aliphatic rings. The van der Waals surface area contributed by atoms with Gasteiger partial charge in [0.15, 0.2) is 5.78 Å². The second-order valence-electron chi connectivity index (χ2n) is 8.28. The summed E-state index contributed by atoms with van der Waals surface area (Å²) in [4.78, 5) is 19.6. The zero-order valence-electron chi connectivity index (χ0n) is 18.8. The van der Waals surface area contributed by atoms with Gasteiger partial charge in [0, 0.05) is 49.4 Å². The van der Waals surface area contributed by atoms with Crippen molar-refractivity contribution in [2.45, 2.75) is 45.4 Å². The summed E-state index contributed by atoms with van der Waals surface area (Å²) >= 11 is 0. The van der Waals surface area contributed by atoms with E-state index in [2.05, 4.69) is 47.4 Å². The number of aliphatic hydroxyl groups is 1. The van der Waals surface area contributed by atoms with Gasteiger partial charge in [-0.2, -0.15) is 0 Å². The second-order valence-corrected chi connectivity index (χ2v) is 8.28. The van der Waals surface area contributed by atoms with E-state index >= 15 is 0 Å². The van der Waals surface area contributed by atoms with Crippen LogP contribution in [0.25, 0.3) is 32.9 Å². The van der Waals surface area contributed by atoms with Gasteiger partial charge >= 0.3 is 0 Å². The van der Waals surface area contributed by atoms with Gasteiger partial charge in [0.2, 0.25) is 0 Å². The summed E-state index contributed by atoms with van der Waals surface area (Å²) in [6, 6.07) is 22.2. The fourth-order valence-electron chi connectivity index (χ4n) is 4.38. The van der Waals surface area contributed by atoms with Crippen molar-refractivity contribution >= 4 is 27.5 Å². The van der Waals surface area contributed by atoms with Crippen LogP contribution in [0.2, 0.25) is 0 Å². The standard InChI is InChI=1S/C23H19N2.C5H8O2.Ir/c1-2-8-17(9-3-1)23-20-11-13-22-19(18(20)14-15-24-23)10-12-21(25-22)16-6-4-5-7-16;1-4(6)3-5(2)7;/h1-3,8,10-16H,4-7H2;3,6H,1-2H3;/q-1;;/b;4-3-;. The molecule has 4 aromatic rings. The van der Waals surface area contributed by atoms with E-state index < -0.39 is 0 Å². The van der Waals surface area contributed by atoms with E-state index in [-0.39, 0.29) is 31.6 Å². The largest absolute Gasteiger partial charge is 0.512 e. The number of hydrogen-bond acceptors (Lipinski definition) is 4. The molecule has 171 valence electrons. The van der Waals surface area contributed by atoms with Crippen molar-refractivity contribution in [3.8, 4) is 11.3 Å². The van der Waals surface area contributed by atoms with Crippen LogP contribution in [0.5, 0.6) is 0 Å². The number of aromatic nitrogens is 2. The Hall–Kier alpha value is -2.88. The zero-order chi connectivity index (χ0) is 22.5. The summed E-state index contributed by atoms with van der Waals surface area (Å²) in [7, 11) is 0. The maximum Gasteiger partial charge on any atom is 0.155 e. The van der Waals surface area contributed by atoms with Crippen molar-refractivity contribution in [2.75, 3.05) is 0 Å². The summed E-state index contributed by atoms with van der Waals surface area (Å²) in [5.41, 5.74) is 4.36. The molecule has 1 fully saturated rings. The molecule has 2 heterocycles. The van der Waals surface area contributed by atoms with E-state index in [0.717, 1.165) is 22.2 Å². The van der Waals surface area contributed by atoms with Crippen LogP contribution in [-0.2, 0) is 24.9 Å². The number of hydrogen-bond donors (Lipinski definition) is 1. The van der Waals surface area contributed by atoms with E-state index in [0.29, 0.717) is 5.92 Å². The average molecular weight is 616 g/mol. The molecule has 5 heteroatoms. The van der Waals surface area contributed by atoms with Crippen LogP contribution in [0.4, 0.5) is 0 Å². The maximum absolute atomic E-state index is 10.0. The molecule has 0 amide bonds. The molecule has 1 radical (unpaired) electrons. The Kier molecular flexibility index (Phi) is 8.48. The van der Waals surface area contributed by atoms with Crippen molar-refractivity contribution in [3.05, 3.63) is 84.4 Å². The predicted octanol–water partition coefficient (Wildman–Crippen LogP) is 6.94. The number of allylic oxidation sites excluding steroid dienone is 2. The minimum absolute atomic E-state index is 0. The molecule has 0 bridgehead atoms. The molecule has 1 N–H and O–H groups in total. The molecule has 1 aliphatic carbocycles. The summed E-state index contributed by atoms with van der Waals surface area (Å²) in [6.45, 7) is 2.85. The Morgan fingerprint density at radius 2 is 1.76 bits per heavy atom. The molecule has 2 aromatic heterocycles. The van der Waals surface area contributed by atoms with E-state index in [1.807, 2.05) is 24.4 Å². The van der Waals surface area contributed by atoms with Gasteiger partial charge in [0.1, 0.15) is 0 Å². The van der Waals surface area contributed by atoms with Gasteiger partial charge < -0.3 is 10.1 Å². The first-order valence-electron chi connectivity index (χ1n) is 11.1. The molecule has 33 heavy (non-hydrogen) atoms. The quantitative estimate of drug-likeness (QED) is 0.117. The van der Waals surface area contributed by atoms with Crippen molar-refractivity contribution in [1.82, 2.24) is 9.97 Å². The Labute approximate surface area is 208 Å². The Morgan fingerprint density at radius 3 is 2.39 bits per heavy atom. The molecule has 2 aromatic carbocycles. The molecular formula is C28H27IrN2O2-. The van der Waals surface area contributed by atoms with Crippen molar-refractivity contribution in [3.63, 3.8) is 0 Å². The summed E-state index contributed by atoms with van der Waals surface area (Å²) in [5.74, 6) is 0.583. The first kappa shape index (κ1) is 24.8. The van der Waals surface area contributed by atoms with Crippen molar-refractivity contribution in [1.29, 1.82) is 0 Å². The number of aliphatic hydroxyl groups excluding tert-OH is 1. The number of nitrogens with zero attached hydrogens (tertiary/aromatic N) is 2. The van der Waals surface area contributed by atoms with Gasteiger partial charge in [0.05, 0.1) is 11.3 Å². The van der Waals surface area contributed by atoms with Gasteiger partial charge in [-0.25, -0.2) is 0 Å². The Balaban J connectivity index is 0.000000337. The number of benzene rings is 2. The number of rotatable bonds is 3. The Bertz CT molecular complexity index is 1280. The van der Waals surface area contributed by atoms with E-state index in [1.165, 1.54) is 62.1 Å². The van der Waals surface area contributed by atoms with Crippen molar-refractivity contribution in [2.24, 2.45) is 0 Å². The second kappa shape index (κ2) is 11.3. The minimum atomic E-state index is -0.125. The maximum atomic E-state index is 10.0. The molecular weight excluding hydrogens is 589 g/mol. The first-order chi connectivity index (χ1) is 15.5. The zero-order valence-corrected chi connectivity index (χ0v) is 21.2. The van der Waals surface area contributed by atoms with Crippen LogP contribution in [0.3, 0.4) is 0 Å². The number of fused-ring (bicyclic) bond motifs is 3. The molecule has 0 spiro atoms. The van der Waals surface area contributed by atoms with Crippen molar-refractivity contribution < 1.29 is 30.0 Å². The summed E-state index contributed by atoms with van der Waals surface area (Å²) in [6.07, 6.45) is 8.30. The molecule has 5 rings (SSSR count). The fraction of sp³-hybridized carbons (Fsp3) is 0.250. The monoisotopic (exact) mass is 616 g/mol. The minimum Gasteiger partial charge on any atom is -0.512 e. The van der Waals surface area contributed by atoms with Gasteiger partial charge in [-0.3, -0.25) is 9.78 Å². The van der Waals surface area contributed by atoms with Crippen LogP contribution < -0.4 is 0 Å². The van der Waals surface area contributed by atoms with Gasteiger partial charge in [-0.1, -0.05) is 25.0 Å². The van der Waals surface area contributed by atoms with E-state index in [1.54, 1.807) is 0 Å². The average Bonchev–Trinajstić information content (AvgIpc) is 3.33. The van der Waals surface area contributed by atoms with Gasteiger partial charge in [-0.05, 0) is 61.4 Å². The molecule has 0 atom stereocenters. The molecule has 1 saturated carbocycles. The summed E-state index contributed by atoms with van der Waals surface area (Å²) < 4.78 is 0. The SMILES string of the molecule is CC(=O)/C=C(/C)O.[Ir].[c-]1ccccc1-c1nccc2c1ccc1nc(C3CCCC3)ccc12. The van der Waals surface area contributed by atoms with Crippen LogP contribution in [-0.4, -0.2) is 20.9 Å². The van der Waals surface area contributed by atoms with Crippen LogP contribution in [0.15, 0.2) is 72.6 Å². The van der Waals surface area contributed by atoms with E-state index in [4.69, 9.17) is 10.1 Å². The molecule has 4 nitrogen and oxygen atoms in total. The molecule has 0 unspecified atom stereocenters. The fourth-order valence-corrected chi connectivity index (χ4v) is 4.38. The number of pyridine rings is 2. The van der Waals surface area contributed by atoms with Crippen LogP contribution in [0, 0.1) is 6.07 Å². The van der Waals surface area contributed by atoms with Crippen LogP contribution >= 0.6 is 0 Å². The third kappa shape index (κ3) is 5.93. The molecule has 0 aliphatic heterocycles. The third-order valence-electron chi connectivity index (χ3n) is 5.78. The smallest absolute Gasteiger partial charge is 0.155 e. The predicted molar refractivity (Wildman–Crippen MR) is 130 cm³/mol. The van der Waals surface area contributed by atoms with E-state index in [9.17, 15) is 4.79 Å². The number of carbonyl (C=O) groups excluding carboxylic acids is 1. The number of ketones is 1. The molecule has 0 saturated heterocycles. The topological polar surface area (TPSA) is 63.1 Å². The Morgan fingerprint density at radius 1 is 1.00 bits per heavy atom. The van der Waals surface area contributed by atoms with Gasteiger partial charge in [0.25, 0.3) is 0 Å². The summed E-state index contributed by atoms with van der Waals surface area (Å²) in [5, 5.41) is 11.9. The number of carbonyl (C=O) groups is 1. The third-order valence-corrected chi connectivity index (χ3v) is 5.78.